The van der Waals surface area contributed by atoms with Gasteiger partial charge in [-0.05, 0) is 32.7 Å². The summed E-state index contributed by atoms with van der Waals surface area (Å²) >= 11 is 0. The lowest BCUT2D eigenvalue weighted by molar-refractivity contribution is -0.126. The molecule has 0 saturated carbocycles. The van der Waals surface area contributed by atoms with Gasteiger partial charge < -0.3 is 10.6 Å². The molecule has 1 aliphatic rings. The Labute approximate surface area is 86.6 Å². The normalized spacial score (nSPS) is 22.4. The number of carbonyl (C=O) groups is 1. The van der Waals surface area contributed by atoms with E-state index in [-0.39, 0.29) is 17.4 Å². The van der Waals surface area contributed by atoms with E-state index >= 15 is 0 Å². The van der Waals surface area contributed by atoms with Gasteiger partial charge >= 0.3 is 0 Å². The first-order valence-electron chi connectivity index (χ1n) is 5.64. The maximum Gasteiger partial charge on any atom is 0.224 e. The van der Waals surface area contributed by atoms with Crippen molar-refractivity contribution in [3.05, 3.63) is 0 Å². The smallest absolute Gasteiger partial charge is 0.224 e. The predicted molar refractivity (Wildman–Crippen MR) is 58.1 cm³/mol. The first-order chi connectivity index (χ1) is 6.61. The Morgan fingerprint density at radius 1 is 1.50 bits per heavy atom. The Bertz CT molecular complexity index is 193. The van der Waals surface area contributed by atoms with Crippen LogP contribution in [-0.2, 0) is 4.79 Å². The summed E-state index contributed by atoms with van der Waals surface area (Å²) in [5, 5.41) is 6.37. The molecule has 0 radical (unpaired) electrons. The fourth-order valence-electron chi connectivity index (χ4n) is 1.70. The molecule has 1 heterocycles. The van der Waals surface area contributed by atoms with Gasteiger partial charge in [-0.3, -0.25) is 4.79 Å². The number of hydrogen-bond donors (Lipinski definition) is 2. The summed E-state index contributed by atoms with van der Waals surface area (Å²) in [6.07, 6.45) is 2.97. The van der Waals surface area contributed by atoms with Crippen molar-refractivity contribution in [3.63, 3.8) is 0 Å². The van der Waals surface area contributed by atoms with Crippen molar-refractivity contribution in [3.8, 4) is 0 Å². The standard InChI is InChI=1S/C11H22N2O/c1-4-11(3,5-2)13-10(14)9-6-7-12-8-9/h9,12H,4-8H2,1-3H3,(H,13,14). The van der Waals surface area contributed by atoms with Gasteiger partial charge in [-0.1, -0.05) is 13.8 Å². The maximum atomic E-state index is 11.8. The topological polar surface area (TPSA) is 41.1 Å². The molecule has 1 rings (SSSR count). The zero-order valence-corrected chi connectivity index (χ0v) is 9.52. The molecule has 0 spiro atoms. The molecule has 0 aromatic heterocycles. The highest BCUT2D eigenvalue weighted by Gasteiger charge is 2.28. The van der Waals surface area contributed by atoms with Crippen LogP contribution in [-0.4, -0.2) is 24.5 Å². The lowest BCUT2D eigenvalue weighted by Crippen LogP contribution is -2.47. The molecule has 1 atom stereocenters. The number of carbonyl (C=O) groups excluding carboxylic acids is 1. The largest absolute Gasteiger partial charge is 0.351 e. The van der Waals surface area contributed by atoms with Crippen molar-refractivity contribution >= 4 is 5.91 Å². The summed E-state index contributed by atoms with van der Waals surface area (Å²) < 4.78 is 0. The van der Waals surface area contributed by atoms with Crippen LogP contribution >= 0.6 is 0 Å². The van der Waals surface area contributed by atoms with E-state index in [1.165, 1.54) is 0 Å². The average Bonchev–Trinajstić information content (AvgIpc) is 2.70. The van der Waals surface area contributed by atoms with E-state index in [4.69, 9.17) is 0 Å². The molecular formula is C11H22N2O. The number of amides is 1. The minimum absolute atomic E-state index is 0.0142. The van der Waals surface area contributed by atoms with Crippen molar-refractivity contribution in [1.29, 1.82) is 0 Å². The Kier molecular flexibility index (Phi) is 3.93. The third-order valence-corrected chi connectivity index (χ3v) is 3.42. The van der Waals surface area contributed by atoms with Gasteiger partial charge in [-0.2, -0.15) is 0 Å². The van der Waals surface area contributed by atoms with Crippen LogP contribution in [0.5, 0.6) is 0 Å². The van der Waals surface area contributed by atoms with Gasteiger partial charge in [0.15, 0.2) is 0 Å². The van der Waals surface area contributed by atoms with Crippen molar-refractivity contribution < 1.29 is 4.79 Å². The van der Waals surface area contributed by atoms with Crippen LogP contribution in [0, 0.1) is 5.92 Å². The number of rotatable bonds is 4. The second kappa shape index (κ2) is 4.78. The Morgan fingerprint density at radius 2 is 2.14 bits per heavy atom. The third kappa shape index (κ3) is 2.71. The SMILES string of the molecule is CCC(C)(CC)NC(=O)C1CCNC1. The predicted octanol–water partition coefficient (Wildman–Crippen LogP) is 1.29. The van der Waals surface area contributed by atoms with Gasteiger partial charge in [0.1, 0.15) is 0 Å². The first kappa shape index (κ1) is 11.5. The quantitative estimate of drug-likeness (QED) is 0.714. The van der Waals surface area contributed by atoms with Crippen LogP contribution in [0.2, 0.25) is 0 Å². The molecule has 1 saturated heterocycles. The van der Waals surface area contributed by atoms with E-state index in [0.717, 1.165) is 32.4 Å². The molecular weight excluding hydrogens is 176 g/mol. The minimum Gasteiger partial charge on any atom is -0.351 e. The van der Waals surface area contributed by atoms with Gasteiger partial charge in [0.05, 0.1) is 5.92 Å². The molecule has 3 nitrogen and oxygen atoms in total. The lowest BCUT2D eigenvalue weighted by atomic mass is 9.94. The van der Waals surface area contributed by atoms with Crippen LogP contribution in [0.25, 0.3) is 0 Å². The van der Waals surface area contributed by atoms with Crippen molar-refractivity contribution in [2.24, 2.45) is 5.92 Å². The van der Waals surface area contributed by atoms with Gasteiger partial charge in [0.2, 0.25) is 5.91 Å². The van der Waals surface area contributed by atoms with E-state index in [2.05, 4.69) is 31.4 Å². The van der Waals surface area contributed by atoms with Gasteiger partial charge in [0.25, 0.3) is 0 Å². The molecule has 1 unspecified atom stereocenters. The highest BCUT2D eigenvalue weighted by molar-refractivity contribution is 5.79. The Morgan fingerprint density at radius 3 is 2.57 bits per heavy atom. The minimum atomic E-state index is -0.0142. The summed E-state index contributed by atoms with van der Waals surface area (Å²) in [5.74, 6) is 0.411. The third-order valence-electron chi connectivity index (χ3n) is 3.42. The van der Waals surface area contributed by atoms with E-state index in [1.54, 1.807) is 0 Å². The molecule has 0 aromatic rings. The fourth-order valence-corrected chi connectivity index (χ4v) is 1.70. The zero-order valence-electron chi connectivity index (χ0n) is 9.52. The molecule has 0 bridgehead atoms. The molecule has 1 amide bonds. The average molecular weight is 198 g/mol. The van der Waals surface area contributed by atoms with Gasteiger partial charge in [0, 0.05) is 12.1 Å². The van der Waals surface area contributed by atoms with Gasteiger partial charge in [-0.25, -0.2) is 0 Å². The van der Waals surface area contributed by atoms with Gasteiger partial charge in [-0.15, -0.1) is 0 Å². The molecule has 3 heteroatoms. The number of nitrogens with one attached hydrogen (secondary N) is 2. The van der Waals surface area contributed by atoms with Crippen LogP contribution in [0.1, 0.15) is 40.0 Å². The molecule has 1 fully saturated rings. The van der Waals surface area contributed by atoms with E-state index in [1.807, 2.05) is 0 Å². The summed E-state index contributed by atoms with van der Waals surface area (Å²) in [4.78, 5) is 11.8. The second-order valence-corrected chi connectivity index (χ2v) is 4.45. The Balaban J connectivity index is 2.45. The molecule has 82 valence electrons. The molecule has 1 aliphatic heterocycles. The number of hydrogen-bond acceptors (Lipinski definition) is 2. The summed E-state index contributed by atoms with van der Waals surface area (Å²) in [7, 11) is 0. The second-order valence-electron chi connectivity index (χ2n) is 4.45. The zero-order chi connectivity index (χ0) is 10.6. The molecule has 2 N–H and O–H groups in total. The summed E-state index contributed by atoms with van der Waals surface area (Å²) in [6, 6.07) is 0. The van der Waals surface area contributed by atoms with Crippen LogP contribution in [0.15, 0.2) is 0 Å². The van der Waals surface area contributed by atoms with Crippen LogP contribution < -0.4 is 10.6 Å². The summed E-state index contributed by atoms with van der Waals surface area (Å²) in [5.41, 5.74) is -0.0142. The van der Waals surface area contributed by atoms with E-state index in [0.29, 0.717) is 0 Å². The van der Waals surface area contributed by atoms with Crippen molar-refractivity contribution in [2.45, 2.75) is 45.6 Å². The first-order valence-corrected chi connectivity index (χ1v) is 5.64. The Hall–Kier alpha value is -0.570. The van der Waals surface area contributed by atoms with Crippen molar-refractivity contribution in [2.75, 3.05) is 13.1 Å². The summed E-state index contributed by atoms with van der Waals surface area (Å²) in [6.45, 7) is 8.18. The van der Waals surface area contributed by atoms with E-state index in [9.17, 15) is 4.79 Å². The van der Waals surface area contributed by atoms with Crippen molar-refractivity contribution in [1.82, 2.24) is 10.6 Å². The van der Waals surface area contributed by atoms with Crippen LogP contribution in [0.3, 0.4) is 0 Å². The molecule has 0 aromatic carbocycles. The fraction of sp³-hybridized carbons (Fsp3) is 0.909. The van der Waals surface area contributed by atoms with E-state index < -0.39 is 0 Å². The highest BCUT2D eigenvalue weighted by atomic mass is 16.2. The molecule has 14 heavy (non-hydrogen) atoms. The maximum absolute atomic E-state index is 11.8. The van der Waals surface area contributed by atoms with Crippen LogP contribution in [0.4, 0.5) is 0 Å². The monoisotopic (exact) mass is 198 g/mol. The lowest BCUT2D eigenvalue weighted by Gasteiger charge is -2.29. The molecule has 0 aliphatic carbocycles. The highest BCUT2D eigenvalue weighted by Crippen LogP contribution is 2.16.